The van der Waals surface area contributed by atoms with Crippen LogP contribution in [0.3, 0.4) is 0 Å². The first-order valence-corrected chi connectivity index (χ1v) is 5.04. The van der Waals surface area contributed by atoms with Crippen LogP contribution in [0.4, 0.5) is 0 Å². The van der Waals surface area contributed by atoms with Crippen LogP contribution in [0, 0.1) is 11.3 Å². The first kappa shape index (κ1) is 6.40. The molecule has 0 aromatic rings. The molecule has 1 spiro atoms. The highest BCUT2D eigenvalue weighted by Gasteiger charge is 2.55. The first-order valence-electron chi connectivity index (χ1n) is 3.51. The van der Waals surface area contributed by atoms with Crippen LogP contribution < -0.4 is 0 Å². The molecule has 0 radical (unpaired) electrons. The fourth-order valence-electron chi connectivity index (χ4n) is 1.76. The van der Waals surface area contributed by atoms with Crippen LogP contribution in [0.1, 0.15) is 12.8 Å². The summed E-state index contributed by atoms with van der Waals surface area (Å²) in [4.78, 5) is 0. The van der Waals surface area contributed by atoms with E-state index >= 15 is 0 Å². The molecule has 52 valence electrons. The fraction of sp³-hybridized carbons (Fsp3) is 1.00. The van der Waals surface area contributed by atoms with Gasteiger partial charge < -0.3 is 4.74 Å². The maximum atomic E-state index is 5.35. The van der Waals surface area contributed by atoms with E-state index in [1.54, 1.807) is 0 Å². The van der Waals surface area contributed by atoms with Gasteiger partial charge in [-0.1, -0.05) is 22.6 Å². The van der Waals surface area contributed by atoms with Gasteiger partial charge in [0.2, 0.25) is 0 Å². The van der Waals surface area contributed by atoms with E-state index in [1.165, 1.54) is 17.3 Å². The van der Waals surface area contributed by atoms with E-state index in [2.05, 4.69) is 22.6 Å². The summed E-state index contributed by atoms with van der Waals surface area (Å²) in [6.45, 7) is 2.08. The molecule has 0 amide bonds. The Balaban J connectivity index is 1.97. The molecular formula is C7H11IO. The highest BCUT2D eigenvalue weighted by molar-refractivity contribution is 14.1. The van der Waals surface area contributed by atoms with Gasteiger partial charge in [-0.15, -0.1) is 0 Å². The van der Waals surface area contributed by atoms with Crippen LogP contribution in [0.25, 0.3) is 0 Å². The van der Waals surface area contributed by atoms with Crippen molar-refractivity contribution >= 4 is 22.6 Å². The molecule has 1 nitrogen and oxygen atoms in total. The van der Waals surface area contributed by atoms with Crippen molar-refractivity contribution in [1.82, 2.24) is 0 Å². The molecule has 2 fully saturated rings. The number of ether oxygens (including phenoxy) is 1. The molecule has 2 unspecified atom stereocenters. The molecule has 2 atom stereocenters. The van der Waals surface area contributed by atoms with Crippen LogP contribution >= 0.6 is 22.6 Å². The maximum Gasteiger partial charge on any atom is 0.0526 e. The van der Waals surface area contributed by atoms with E-state index in [4.69, 9.17) is 4.74 Å². The van der Waals surface area contributed by atoms with Crippen LogP contribution in [0.2, 0.25) is 0 Å². The van der Waals surface area contributed by atoms with E-state index in [0.717, 1.165) is 19.1 Å². The number of halogens is 1. The minimum Gasteiger partial charge on any atom is -0.381 e. The molecule has 1 heterocycles. The van der Waals surface area contributed by atoms with Crippen molar-refractivity contribution in [2.45, 2.75) is 12.8 Å². The second-order valence-corrected chi connectivity index (χ2v) is 4.10. The second kappa shape index (κ2) is 2.09. The van der Waals surface area contributed by atoms with Gasteiger partial charge in [-0.3, -0.25) is 0 Å². The molecule has 0 N–H and O–H groups in total. The van der Waals surface area contributed by atoms with Crippen LogP contribution in [0.5, 0.6) is 0 Å². The van der Waals surface area contributed by atoms with Gasteiger partial charge in [0.1, 0.15) is 0 Å². The average molecular weight is 238 g/mol. The quantitative estimate of drug-likeness (QED) is 0.500. The second-order valence-electron chi connectivity index (χ2n) is 3.22. The van der Waals surface area contributed by atoms with Gasteiger partial charge in [0, 0.05) is 11.0 Å². The minimum absolute atomic E-state index is 0.682. The molecule has 2 rings (SSSR count). The Morgan fingerprint density at radius 2 is 2.56 bits per heavy atom. The minimum atomic E-state index is 0.682. The Morgan fingerprint density at radius 1 is 1.67 bits per heavy atom. The van der Waals surface area contributed by atoms with Crippen molar-refractivity contribution in [2.75, 3.05) is 17.6 Å². The summed E-state index contributed by atoms with van der Waals surface area (Å²) >= 11 is 2.48. The van der Waals surface area contributed by atoms with Gasteiger partial charge in [0.05, 0.1) is 6.61 Å². The van der Waals surface area contributed by atoms with E-state index in [-0.39, 0.29) is 0 Å². The van der Waals surface area contributed by atoms with Crippen molar-refractivity contribution < 1.29 is 4.74 Å². The molecule has 1 aliphatic carbocycles. The summed E-state index contributed by atoms with van der Waals surface area (Å²) in [5, 5.41) is 0. The Morgan fingerprint density at radius 3 is 3.00 bits per heavy atom. The normalized spacial score (nSPS) is 48.3. The largest absolute Gasteiger partial charge is 0.381 e. The molecule has 0 bridgehead atoms. The lowest BCUT2D eigenvalue weighted by Crippen LogP contribution is -2.02. The van der Waals surface area contributed by atoms with Crippen molar-refractivity contribution in [3.05, 3.63) is 0 Å². The average Bonchev–Trinajstić information content (AvgIpc) is 2.30. The lowest BCUT2D eigenvalue weighted by atomic mass is 10.0. The van der Waals surface area contributed by atoms with Crippen molar-refractivity contribution in [3.63, 3.8) is 0 Å². The smallest absolute Gasteiger partial charge is 0.0526 e. The Bertz CT molecular complexity index is 118. The van der Waals surface area contributed by atoms with Gasteiger partial charge in [-0.2, -0.15) is 0 Å². The van der Waals surface area contributed by atoms with Gasteiger partial charge >= 0.3 is 0 Å². The zero-order valence-corrected chi connectivity index (χ0v) is 7.56. The Kier molecular flexibility index (Phi) is 1.49. The van der Waals surface area contributed by atoms with Crippen molar-refractivity contribution in [1.29, 1.82) is 0 Å². The van der Waals surface area contributed by atoms with E-state index in [0.29, 0.717) is 5.41 Å². The molecule has 0 aromatic carbocycles. The molecular weight excluding hydrogens is 227 g/mol. The molecule has 1 aliphatic heterocycles. The third-order valence-corrected chi connectivity index (χ3v) is 3.74. The van der Waals surface area contributed by atoms with Crippen molar-refractivity contribution in [3.8, 4) is 0 Å². The number of alkyl halides is 1. The van der Waals surface area contributed by atoms with Crippen LogP contribution in [0.15, 0.2) is 0 Å². The topological polar surface area (TPSA) is 9.23 Å². The lowest BCUT2D eigenvalue weighted by Gasteiger charge is -2.01. The highest BCUT2D eigenvalue weighted by Crippen LogP contribution is 2.58. The third kappa shape index (κ3) is 0.909. The third-order valence-electron chi connectivity index (χ3n) is 2.68. The van der Waals surface area contributed by atoms with E-state index in [1.807, 2.05) is 0 Å². The summed E-state index contributed by atoms with van der Waals surface area (Å²) in [5.74, 6) is 1.00. The Hall–Kier alpha value is 0.690. The standard InChI is InChI=1S/C7H11IO/c8-4-6-3-7(6)1-2-9-5-7/h6H,1-5H2. The van der Waals surface area contributed by atoms with Crippen molar-refractivity contribution in [2.24, 2.45) is 11.3 Å². The van der Waals surface area contributed by atoms with E-state index in [9.17, 15) is 0 Å². The number of rotatable bonds is 1. The lowest BCUT2D eigenvalue weighted by molar-refractivity contribution is 0.179. The molecule has 2 aliphatic rings. The maximum absolute atomic E-state index is 5.35. The van der Waals surface area contributed by atoms with Gasteiger partial charge in [0.25, 0.3) is 0 Å². The van der Waals surface area contributed by atoms with Crippen LogP contribution in [-0.2, 0) is 4.74 Å². The van der Waals surface area contributed by atoms with Gasteiger partial charge in [-0.25, -0.2) is 0 Å². The fourth-order valence-corrected chi connectivity index (χ4v) is 3.00. The van der Waals surface area contributed by atoms with Gasteiger partial charge in [0.15, 0.2) is 0 Å². The first-order chi connectivity index (χ1) is 4.37. The van der Waals surface area contributed by atoms with Gasteiger partial charge in [-0.05, 0) is 24.2 Å². The van der Waals surface area contributed by atoms with Crippen LogP contribution in [-0.4, -0.2) is 17.6 Å². The molecule has 1 saturated carbocycles. The zero-order valence-electron chi connectivity index (χ0n) is 5.40. The number of hydrogen-bond acceptors (Lipinski definition) is 1. The Labute approximate surface area is 69.3 Å². The molecule has 9 heavy (non-hydrogen) atoms. The molecule has 1 saturated heterocycles. The monoisotopic (exact) mass is 238 g/mol. The zero-order chi connectivity index (χ0) is 6.32. The van der Waals surface area contributed by atoms with E-state index < -0.39 is 0 Å². The number of hydrogen-bond donors (Lipinski definition) is 0. The predicted molar refractivity (Wildman–Crippen MR) is 44.9 cm³/mol. The highest BCUT2D eigenvalue weighted by atomic mass is 127. The summed E-state index contributed by atoms with van der Waals surface area (Å²) < 4.78 is 6.69. The summed E-state index contributed by atoms with van der Waals surface area (Å²) in [6, 6.07) is 0. The summed E-state index contributed by atoms with van der Waals surface area (Å²) in [5.41, 5.74) is 0.682. The summed E-state index contributed by atoms with van der Waals surface area (Å²) in [7, 11) is 0. The molecule has 2 heteroatoms. The molecule has 0 aromatic heterocycles. The predicted octanol–water partition coefficient (Wildman–Crippen LogP) is 1.85. The SMILES string of the molecule is ICC1CC12CCOC2. The summed E-state index contributed by atoms with van der Waals surface area (Å²) in [6.07, 6.45) is 2.77.